The van der Waals surface area contributed by atoms with Gasteiger partial charge < -0.3 is 5.11 Å². The Morgan fingerprint density at radius 3 is 2.72 bits per heavy atom. The molecule has 1 N–H and O–H groups in total. The van der Waals surface area contributed by atoms with Crippen molar-refractivity contribution in [1.82, 2.24) is 9.78 Å². The number of phenols is 1. The average molecular weight is 244 g/mol. The third kappa shape index (κ3) is 2.73. The van der Waals surface area contributed by atoms with Crippen LogP contribution in [-0.4, -0.2) is 14.9 Å². The summed E-state index contributed by atoms with van der Waals surface area (Å²) in [5.74, 6) is 0.302. The van der Waals surface area contributed by atoms with E-state index < -0.39 is 0 Å². The molecule has 2 aromatic rings. The van der Waals surface area contributed by atoms with E-state index in [1.54, 1.807) is 6.07 Å². The molecule has 96 valence electrons. The molecule has 0 bridgehead atoms. The highest BCUT2D eigenvalue weighted by Gasteiger charge is 2.08. The van der Waals surface area contributed by atoms with Crippen molar-refractivity contribution in [3.05, 3.63) is 36.0 Å². The van der Waals surface area contributed by atoms with Crippen LogP contribution in [0.5, 0.6) is 5.75 Å². The van der Waals surface area contributed by atoms with E-state index in [0.717, 1.165) is 37.1 Å². The number of aromatic nitrogens is 2. The molecule has 18 heavy (non-hydrogen) atoms. The topological polar surface area (TPSA) is 38.0 Å². The van der Waals surface area contributed by atoms with Crippen LogP contribution >= 0.6 is 0 Å². The maximum Gasteiger partial charge on any atom is 0.125 e. The summed E-state index contributed by atoms with van der Waals surface area (Å²) in [6.45, 7) is 5.19. The minimum Gasteiger partial charge on any atom is -0.507 e. The third-order valence-electron chi connectivity index (χ3n) is 2.97. The molecule has 0 fully saturated rings. The third-order valence-corrected chi connectivity index (χ3v) is 2.97. The SMILES string of the molecule is CCCc1ccc(O)c(-c2ccn(CCC)n2)c1. The van der Waals surface area contributed by atoms with Crippen molar-refractivity contribution in [2.45, 2.75) is 39.7 Å². The first-order valence-corrected chi connectivity index (χ1v) is 6.60. The second-order valence-electron chi connectivity index (χ2n) is 4.57. The minimum atomic E-state index is 0.302. The molecule has 0 amide bonds. The van der Waals surface area contributed by atoms with Gasteiger partial charge in [0.2, 0.25) is 0 Å². The number of aryl methyl sites for hydroxylation is 2. The van der Waals surface area contributed by atoms with E-state index in [0.29, 0.717) is 5.75 Å². The molecule has 0 spiro atoms. The fourth-order valence-electron chi connectivity index (χ4n) is 2.09. The lowest BCUT2D eigenvalue weighted by molar-refractivity contribution is 0.476. The predicted octanol–water partition coefficient (Wildman–Crippen LogP) is 3.62. The quantitative estimate of drug-likeness (QED) is 0.872. The van der Waals surface area contributed by atoms with Crippen LogP contribution in [0.25, 0.3) is 11.3 Å². The number of phenolic OH excluding ortho intramolecular Hbond substituents is 1. The van der Waals surface area contributed by atoms with Crippen molar-refractivity contribution >= 4 is 0 Å². The summed E-state index contributed by atoms with van der Waals surface area (Å²) in [6.07, 6.45) is 5.16. The number of rotatable bonds is 5. The summed E-state index contributed by atoms with van der Waals surface area (Å²) in [6, 6.07) is 7.74. The molecule has 3 nitrogen and oxygen atoms in total. The highest BCUT2D eigenvalue weighted by molar-refractivity contribution is 5.67. The van der Waals surface area contributed by atoms with Crippen LogP contribution in [-0.2, 0) is 13.0 Å². The lowest BCUT2D eigenvalue weighted by atomic mass is 10.0. The van der Waals surface area contributed by atoms with Crippen LogP contribution in [0.3, 0.4) is 0 Å². The van der Waals surface area contributed by atoms with Crippen LogP contribution in [0, 0.1) is 0 Å². The second kappa shape index (κ2) is 5.71. The summed E-state index contributed by atoms with van der Waals surface area (Å²) in [5.41, 5.74) is 2.92. The number of aromatic hydroxyl groups is 1. The number of nitrogens with zero attached hydrogens (tertiary/aromatic N) is 2. The van der Waals surface area contributed by atoms with E-state index >= 15 is 0 Å². The van der Waals surface area contributed by atoms with Gasteiger partial charge in [0, 0.05) is 18.3 Å². The number of hydrogen-bond donors (Lipinski definition) is 1. The van der Waals surface area contributed by atoms with Crippen LogP contribution in [0.15, 0.2) is 30.5 Å². The van der Waals surface area contributed by atoms with Gasteiger partial charge in [-0.15, -0.1) is 0 Å². The van der Waals surface area contributed by atoms with Crippen molar-refractivity contribution in [1.29, 1.82) is 0 Å². The minimum absolute atomic E-state index is 0.302. The van der Waals surface area contributed by atoms with E-state index in [1.165, 1.54) is 5.56 Å². The fraction of sp³-hybridized carbons (Fsp3) is 0.400. The Bertz CT molecular complexity index is 517. The maximum atomic E-state index is 9.95. The van der Waals surface area contributed by atoms with Crippen molar-refractivity contribution in [3.8, 4) is 17.0 Å². The smallest absolute Gasteiger partial charge is 0.125 e. The van der Waals surface area contributed by atoms with Crippen molar-refractivity contribution in [2.75, 3.05) is 0 Å². The van der Waals surface area contributed by atoms with Gasteiger partial charge in [0.25, 0.3) is 0 Å². The van der Waals surface area contributed by atoms with Crippen molar-refractivity contribution < 1.29 is 5.11 Å². The molecule has 2 rings (SSSR count). The molecule has 3 heteroatoms. The highest BCUT2D eigenvalue weighted by Crippen LogP contribution is 2.29. The normalized spacial score (nSPS) is 10.8. The first-order chi connectivity index (χ1) is 8.74. The van der Waals surface area contributed by atoms with E-state index in [4.69, 9.17) is 0 Å². The molecule has 0 radical (unpaired) electrons. The van der Waals surface area contributed by atoms with E-state index in [-0.39, 0.29) is 0 Å². The largest absolute Gasteiger partial charge is 0.507 e. The molecular weight excluding hydrogens is 224 g/mol. The Labute approximate surface area is 108 Å². The van der Waals surface area contributed by atoms with Gasteiger partial charge in [-0.25, -0.2) is 0 Å². The molecule has 0 aliphatic carbocycles. The molecule has 1 heterocycles. The number of benzene rings is 1. The molecule has 0 aliphatic rings. The van der Waals surface area contributed by atoms with Gasteiger partial charge in [0.1, 0.15) is 5.75 Å². The van der Waals surface area contributed by atoms with Crippen LogP contribution < -0.4 is 0 Å². The lowest BCUT2D eigenvalue weighted by Gasteiger charge is -2.05. The van der Waals surface area contributed by atoms with Gasteiger partial charge in [0.15, 0.2) is 0 Å². The summed E-state index contributed by atoms with van der Waals surface area (Å²) >= 11 is 0. The Hall–Kier alpha value is -1.77. The molecule has 1 aromatic heterocycles. The Morgan fingerprint density at radius 1 is 1.17 bits per heavy atom. The van der Waals surface area contributed by atoms with Gasteiger partial charge in [-0.05, 0) is 36.6 Å². The van der Waals surface area contributed by atoms with Gasteiger partial charge >= 0.3 is 0 Å². The monoisotopic (exact) mass is 244 g/mol. The summed E-state index contributed by atoms with van der Waals surface area (Å²) < 4.78 is 1.92. The maximum absolute atomic E-state index is 9.95. The van der Waals surface area contributed by atoms with Crippen molar-refractivity contribution in [3.63, 3.8) is 0 Å². The Balaban J connectivity index is 2.32. The zero-order valence-corrected chi connectivity index (χ0v) is 11.1. The molecule has 0 saturated carbocycles. The van der Waals surface area contributed by atoms with Gasteiger partial charge in [0.05, 0.1) is 5.69 Å². The average Bonchev–Trinajstić information content (AvgIpc) is 2.81. The first-order valence-electron chi connectivity index (χ1n) is 6.60. The fourth-order valence-corrected chi connectivity index (χ4v) is 2.09. The number of hydrogen-bond acceptors (Lipinski definition) is 2. The van der Waals surface area contributed by atoms with Gasteiger partial charge in [-0.3, -0.25) is 4.68 Å². The van der Waals surface area contributed by atoms with Crippen LogP contribution in [0.1, 0.15) is 32.3 Å². The zero-order chi connectivity index (χ0) is 13.0. The molecule has 0 saturated heterocycles. The second-order valence-corrected chi connectivity index (χ2v) is 4.57. The lowest BCUT2D eigenvalue weighted by Crippen LogP contribution is -1.97. The van der Waals surface area contributed by atoms with E-state index in [1.807, 2.05) is 29.1 Å². The van der Waals surface area contributed by atoms with E-state index in [9.17, 15) is 5.11 Å². The molecule has 0 aliphatic heterocycles. The molecule has 0 unspecified atom stereocenters. The van der Waals surface area contributed by atoms with Crippen LogP contribution in [0.2, 0.25) is 0 Å². The van der Waals surface area contributed by atoms with Gasteiger partial charge in [-0.2, -0.15) is 5.10 Å². The Kier molecular flexibility index (Phi) is 4.03. The highest BCUT2D eigenvalue weighted by atomic mass is 16.3. The van der Waals surface area contributed by atoms with Crippen LogP contribution in [0.4, 0.5) is 0 Å². The molecular formula is C15H20N2O. The zero-order valence-electron chi connectivity index (χ0n) is 11.1. The first kappa shape index (κ1) is 12.7. The summed E-state index contributed by atoms with van der Waals surface area (Å²) in [4.78, 5) is 0. The van der Waals surface area contributed by atoms with Gasteiger partial charge in [-0.1, -0.05) is 26.3 Å². The standard InChI is InChI=1S/C15H20N2O/c1-3-5-12-6-7-15(18)13(11-12)14-8-10-17(16-14)9-4-2/h6-8,10-11,18H,3-5,9H2,1-2H3. The molecule has 1 aromatic carbocycles. The van der Waals surface area contributed by atoms with Crippen molar-refractivity contribution in [2.24, 2.45) is 0 Å². The summed E-state index contributed by atoms with van der Waals surface area (Å²) in [7, 11) is 0. The summed E-state index contributed by atoms with van der Waals surface area (Å²) in [5, 5.41) is 14.4. The molecule has 0 atom stereocenters. The predicted molar refractivity (Wildman–Crippen MR) is 73.6 cm³/mol. The Morgan fingerprint density at radius 2 is 2.00 bits per heavy atom. The van der Waals surface area contributed by atoms with E-state index in [2.05, 4.69) is 18.9 Å².